The number of hydrogen-bond acceptors (Lipinski definition) is 15. The van der Waals surface area contributed by atoms with Crippen LogP contribution in [-0.2, 0) is 47.4 Å². The summed E-state index contributed by atoms with van der Waals surface area (Å²) < 4.78 is 55.3. The van der Waals surface area contributed by atoms with Crippen molar-refractivity contribution in [1.29, 1.82) is 0 Å². The molecule has 1 aliphatic heterocycles. The molecule has 3 heterocycles. The number of aromatic nitrogens is 4. The van der Waals surface area contributed by atoms with E-state index in [-0.39, 0.29) is 11.9 Å². The van der Waals surface area contributed by atoms with Gasteiger partial charge in [-0.3, -0.25) is 0 Å². The van der Waals surface area contributed by atoms with Crippen LogP contribution in [0.1, 0.15) is 34.6 Å². The van der Waals surface area contributed by atoms with Crippen molar-refractivity contribution >= 4 is 65.9 Å². The lowest BCUT2D eigenvalue weighted by atomic mass is 9.97. The Balaban J connectivity index is 0.000000290. The Morgan fingerprint density at radius 1 is 0.432 bits per heavy atom. The topological polar surface area (TPSA) is 204 Å². The van der Waals surface area contributed by atoms with Crippen molar-refractivity contribution in [2.24, 2.45) is 0 Å². The Morgan fingerprint density at radius 2 is 0.743 bits per heavy atom. The Morgan fingerprint density at radius 3 is 1.11 bits per heavy atom. The number of aromatic amines is 2. The van der Waals surface area contributed by atoms with Crippen LogP contribution in [0.25, 0.3) is 67.1 Å². The second-order valence-electron chi connectivity index (χ2n) is 15.9. The van der Waals surface area contributed by atoms with E-state index in [0.29, 0.717) is 136 Å². The standard InChI is InChI=1S/C38H28Br2N4O4.C16H32O8.CH4O/c1-3-47-37(45)25-13-5-21(6-14-25)27-17-18-28(22-7-15-26(16-8-22)38(46)48-4-2)32-31(27)41-35(42-32)23-9-11-24(12-10-23)36-43-33-29(39)19-20-30(40)34(33)44-36;1-2-18-5-6-20-9-10-22-13-14-24-16-15-23-12-11-21-8-7-19-4-3-17-1;1-2/h5-20H,3-4H2,1-2H3,(H,41,42)(H,43,44);1-16H2;2H,1H3. The highest BCUT2D eigenvalue weighted by atomic mass is 79.9. The van der Waals surface area contributed by atoms with Crippen LogP contribution in [0.4, 0.5) is 0 Å². The summed E-state index contributed by atoms with van der Waals surface area (Å²) in [6, 6.07) is 30.8. The van der Waals surface area contributed by atoms with E-state index in [4.69, 9.17) is 62.4 Å². The highest BCUT2D eigenvalue weighted by Gasteiger charge is 2.18. The molecule has 7 aromatic rings. The van der Waals surface area contributed by atoms with Crippen LogP contribution in [0.5, 0.6) is 0 Å². The van der Waals surface area contributed by atoms with Gasteiger partial charge in [0.1, 0.15) is 17.2 Å². The number of fused-ring (bicyclic) bond motifs is 2. The second kappa shape index (κ2) is 32.1. The third kappa shape index (κ3) is 17.3. The predicted molar refractivity (Wildman–Crippen MR) is 289 cm³/mol. The second-order valence-corrected chi connectivity index (χ2v) is 17.6. The minimum Gasteiger partial charge on any atom is -0.462 e. The van der Waals surface area contributed by atoms with Crippen LogP contribution in [-0.4, -0.2) is 163 Å². The smallest absolute Gasteiger partial charge is 0.338 e. The van der Waals surface area contributed by atoms with Crippen LogP contribution in [0.3, 0.4) is 0 Å². The van der Waals surface area contributed by atoms with Crippen LogP contribution in [0.15, 0.2) is 106 Å². The number of hydrogen-bond donors (Lipinski definition) is 3. The van der Waals surface area contributed by atoms with Crippen molar-refractivity contribution in [3.63, 3.8) is 0 Å². The zero-order chi connectivity index (χ0) is 52.3. The van der Waals surface area contributed by atoms with Gasteiger partial charge in [-0.15, -0.1) is 0 Å². The Kier molecular flexibility index (Phi) is 25.1. The average Bonchev–Trinajstić information content (AvgIpc) is 4.10. The third-order valence-electron chi connectivity index (χ3n) is 11.0. The minimum absolute atomic E-state index is 0.314. The molecule has 3 N–H and O–H groups in total. The quantitative estimate of drug-likeness (QED) is 0.121. The number of aliphatic hydroxyl groups is 1. The van der Waals surface area contributed by atoms with Gasteiger partial charge in [0, 0.05) is 38.3 Å². The molecule has 0 saturated carbocycles. The number of esters is 2. The molecule has 74 heavy (non-hydrogen) atoms. The van der Waals surface area contributed by atoms with Gasteiger partial charge in [-0.05, 0) is 93.2 Å². The van der Waals surface area contributed by atoms with Gasteiger partial charge in [0.05, 0.1) is 147 Å². The van der Waals surface area contributed by atoms with Gasteiger partial charge in [0.25, 0.3) is 0 Å². The van der Waals surface area contributed by atoms with E-state index in [1.54, 1.807) is 38.1 Å². The number of imidazole rings is 2. The summed E-state index contributed by atoms with van der Waals surface area (Å²) in [6.45, 7) is 13.1. The summed E-state index contributed by atoms with van der Waals surface area (Å²) >= 11 is 7.20. The molecular weight excluding hydrogens is 1080 g/mol. The van der Waals surface area contributed by atoms with E-state index in [9.17, 15) is 9.59 Å². The number of ether oxygens (including phenoxy) is 10. The maximum atomic E-state index is 12.3. The van der Waals surface area contributed by atoms with Crippen molar-refractivity contribution < 1.29 is 62.1 Å². The van der Waals surface area contributed by atoms with E-state index in [0.717, 1.165) is 77.3 Å². The Hall–Kier alpha value is -5.42. The Bertz CT molecular complexity index is 2520. The van der Waals surface area contributed by atoms with Crippen molar-refractivity contribution in [1.82, 2.24) is 19.9 Å². The van der Waals surface area contributed by atoms with E-state index >= 15 is 0 Å². The minimum atomic E-state index is -0.357. The van der Waals surface area contributed by atoms with Gasteiger partial charge in [0.2, 0.25) is 0 Å². The van der Waals surface area contributed by atoms with E-state index in [2.05, 4.69) is 41.8 Å². The number of aliphatic hydroxyl groups excluding tert-OH is 1. The van der Waals surface area contributed by atoms with Gasteiger partial charge in [-0.2, -0.15) is 0 Å². The molecule has 5 aromatic carbocycles. The summed E-state index contributed by atoms with van der Waals surface area (Å²) in [4.78, 5) is 41.5. The molecule has 0 atom stereocenters. The van der Waals surface area contributed by atoms with E-state index < -0.39 is 0 Å². The van der Waals surface area contributed by atoms with Crippen molar-refractivity contribution in [3.8, 4) is 45.0 Å². The summed E-state index contributed by atoms with van der Waals surface area (Å²) in [5.74, 6) is 0.748. The maximum absolute atomic E-state index is 12.3. The van der Waals surface area contributed by atoms with Gasteiger partial charge in [0.15, 0.2) is 0 Å². The van der Waals surface area contributed by atoms with Crippen LogP contribution in [0, 0.1) is 0 Å². The van der Waals surface area contributed by atoms with Gasteiger partial charge < -0.3 is 62.4 Å². The number of H-pyrrole nitrogens is 2. The number of halogens is 2. The number of benzene rings is 5. The molecule has 0 spiro atoms. The highest BCUT2D eigenvalue weighted by Crippen LogP contribution is 2.37. The van der Waals surface area contributed by atoms with Crippen LogP contribution >= 0.6 is 31.9 Å². The number of carbonyl (C=O) groups excluding carboxylic acids is 2. The molecule has 0 unspecified atom stereocenters. The van der Waals surface area contributed by atoms with Crippen molar-refractivity contribution in [2.45, 2.75) is 13.8 Å². The van der Waals surface area contributed by atoms with Crippen molar-refractivity contribution in [3.05, 3.63) is 117 Å². The monoisotopic (exact) mass is 1150 g/mol. The maximum Gasteiger partial charge on any atom is 0.338 e. The molecule has 2 aromatic heterocycles. The lowest BCUT2D eigenvalue weighted by molar-refractivity contribution is -0.0334. The molecule has 0 bridgehead atoms. The molecule has 1 aliphatic rings. The normalized spacial score (nSPS) is 15.2. The van der Waals surface area contributed by atoms with E-state index in [1.807, 2.05) is 72.8 Å². The molecule has 396 valence electrons. The summed E-state index contributed by atoms with van der Waals surface area (Å²) in [5, 5.41) is 7.00. The first-order valence-corrected chi connectivity index (χ1v) is 26.0. The summed E-state index contributed by atoms with van der Waals surface area (Å²) in [7, 11) is 1.00. The van der Waals surface area contributed by atoms with Crippen LogP contribution in [0.2, 0.25) is 0 Å². The predicted octanol–water partition coefficient (Wildman–Crippen LogP) is 9.73. The Labute approximate surface area is 447 Å². The zero-order valence-electron chi connectivity index (χ0n) is 42.0. The molecule has 0 amide bonds. The molecule has 1 fully saturated rings. The van der Waals surface area contributed by atoms with Gasteiger partial charge >= 0.3 is 11.9 Å². The number of carbonyl (C=O) groups is 2. The first-order chi connectivity index (χ1) is 36.3. The lowest BCUT2D eigenvalue weighted by Gasteiger charge is -2.09. The van der Waals surface area contributed by atoms with Crippen molar-refractivity contribution in [2.75, 3.05) is 126 Å². The fourth-order valence-corrected chi connectivity index (χ4v) is 8.25. The number of rotatable bonds is 8. The number of nitrogens with zero attached hydrogens (tertiary/aromatic N) is 2. The molecule has 8 rings (SSSR count). The summed E-state index contributed by atoms with van der Waals surface area (Å²) in [6.07, 6.45) is 0. The molecule has 17 nitrogen and oxygen atoms in total. The molecule has 19 heteroatoms. The average molecular weight is 1150 g/mol. The first-order valence-electron chi connectivity index (χ1n) is 24.4. The van der Waals surface area contributed by atoms with Gasteiger partial charge in [-0.1, -0.05) is 60.7 Å². The third-order valence-corrected chi connectivity index (χ3v) is 12.3. The zero-order valence-corrected chi connectivity index (χ0v) is 45.1. The molecule has 0 aliphatic carbocycles. The highest BCUT2D eigenvalue weighted by molar-refractivity contribution is 9.11. The fourth-order valence-electron chi connectivity index (χ4n) is 7.41. The van der Waals surface area contributed by atoms with Gasteiger partial charge in [-0.25, -0.2) is 19.6 Å². The molecule has 0 radical (unpaired) electrons. The summed E-state index contributed by atoms with van der Waals surface area (Å²) in [5.41, 5.74) is 9.89. The van der Waals surface area contributed by atoms with Crippen LogP contribution < -0.4 is 0 Å². The van der Waals surface area contributed by atoms with E-state index in [1.165, 1.54) is 0 Å². The fraction of sp³-hybridized carbons (Fsp3) is 0.382. The molecule has 1 saturated heterocycles. The lowest BCUT2D eigenvalue weighted by Crippen LogP contribution is -2.16. The SMILES string of the molecule is C1COCCOCCOCCOCCOCCOCCOCCO1.CCOC(=O)c1ccc(-c2ccc(-c3ccc(C(=O)OCC)cc3)c3[nH]c(-c4ccc(-c5nc6c(Br)ccc(Br)c6[nH]5)cc4)nc23)cc1.CO. The largest absolute Gasteiger partial charge is 0.462 e. The first kappa shape index (κ1) is 57.9. The molecular formula is C55H64Br2N4O13. The number of nitrogens with one attached hydrogen (secondary N) is 2.